The van der Waals surface area contributed by atoms with Crippen molar-refractivity contribution in [3.05, 3.63) is 60.7 Å². The first-order valence-electron chi connectivity index (χ1n) is 8.12. The van der Waals surface area contributed by atoms with Crippen LogP contribution in [0.3, 0.4) is 0 Å². The molecule has 0 aliphatic carbocycles. The van der Waals surface area contributed by atoms with Gasteiger partial charge in [-0.05, 0) is 43.2 Å². The van der Waals surface area contributed by atoms with Crippen molar-refractivity contribution in [2.75, 3.05) is 13.2 Å². The molecule has 4 rings (SSSR count). The Hall–Kier alpha value is -2.82. The third-order valence-electron chi connectivity index (χ3n) is 4.40. The Kier molecular flexibility index (Phi) is 3.91. The lowest BCUT2D eigenvalue weighted by atomic mass is 10.1. The normalized spacial score (nSPS) is 17.3. The number of carbonyl (C=O) groups is 1. The smallest absolute Gasteiger partial charge is 0.261 e. The highest BCUT2D eigenvalue weighted by atomic mass is 16.5. The topological polar surface area (TPSA) is 55.6 Å². The Balaban J connectivity index is 1.48. The molecule has 24 heavy (non-hydrogen) atoms. The first kappa shape index (κ1) is 14.8. The zero-order valence-corrected chi connectivity index (χ0v) is 13.2. The van der Waals surface area contributed by atoms with Gasteiger partial charge in [-0.3, -0.25) is 9.78 Å². The molecule has 1 aromatic carbocycles. The van der Waals surface area contributed by atoms with E-state index in [9.17, 15) is 4.79 Å². The van der Waals surface area contributed by atoms with Gasteiger partial charge in [-0.25, -0.2) is 0 Å². The molecule has 122 valence electrons. The molecule has 1 atom stereocenters. The fraction of sp³-hybridized carbons (Fsp3) is 0.263. The van der Waals surface area contributed by atoms with Crippen molar-refractivity contribution in [3.8, 4) is 5.75 Å². The average molecular weight is 322 g/mol. The Bertz CT molecular complexity index is 839. The highest BCUT2D eigenvalue weighted by Gasteiger charge is 2.31. The lowest BCUT2D eigenvalue weighted by Crippen LogP contribution is -2.34. The van der Waals surface area contributed by atoms with Gasteiger partial charge in [0.05, 0.1) is 17.8 Å². The van der Waals surface area contributed by atoms with Crippen LogP contribution in [-0.4, -0.2) is 28.9 Å². The first-order valence-corrected chi connectivity index (χ1v) is 8.12. The minimum atomic E-state index is -0.0187. The summed E-state index contributed by atoms with van der Waals surface area (Å²) in [5.74, 6) is 1.51. The number of ether oxygens (including phenoxy) is 1. The van der Waals surface area contributed by atoms with Crippen LogP contribution in [0.5, 0.6) is 5.75 Å². The predicted octanol–water partition coefficient (Wildman–Crippen LogP) is 3.57. The molecule has 5 heteroatoms. The summed E-state index contributed by atoms with van der Waals surface area (Å²) in [6, 6.07) is 13.3. The van der Waals surface area contributed by atoms with Crippen LogP contribution in [0.1, 0.15) is 24.6 Å². The van der Waals surface area contributed by atoms with Gasteiger partial charge >= 0.3 is 0 Å². The summed E-state index contributed by atoms with van der Waals surface area (Å²) < 4.78 is 11.3. The van der Waals surface area contributed by atoms with Gasteiger partial charge in [0, 0.05) is 18.1 Å². The van der Waals surface area contributed by atoms with E-state index in [2.05, 4.69) is 4.98 Å². The molecule has 3 aromatic rings. The Morgan fingerprint density at radius 2 is 2.17 bits per heavy atom. The lowest BCUT2D eigenvalue weighted by molar-refractivity contribution is -0.134. The summed E-state index contributed by atoms with van der Waals surface area (Å²) in [5, 5.41) is 0.914. The van der Waals surface area contributed by atoms with Crippen molar-refractivity contribution < 1.29 is 13.9 Å². The van der Waals surface area contributed by atoms with Crippen molar-refractivity contribution in [1.29, 1.82) is 0 Å². The van der Waals surface area contributed by atoms with E-state index >= 15 is 0 Å². The van der Waals surface area contributed by atoms with Crippen LogP contribution in [0, 0.1) is 0 Å². The molecular weight excluding hydrogens is 304 g/mol. The number of carbonyl (C=O) groups excluding carboxylic acids is 1. The van der Waals surface area contributed by atoms with Gasteiger partial charge in [0.2, 0.25) is 0 Å². The van der Waals surface area contributed by atoms with Gasteiger partial charge < -0.3 is 14.1 Å². The number of furan rings is 1. The first-order chi connectivity index (χ1) is 11.8. The van der Waals surface area contributed by atoms with Gasteiger partial charge in [-0.2, -0.15) is 0 Å². The minimum Gasteiger partial charge on any atom is -0.483 e. The van der Waals surface area contributed by atoms with Gasteiger partial charge in [-0.15, -0.1) is 0 Å². The van der Waals surface area contributed by atoms with Crippen LogP contribution >= 0.6 is 0 Å². The number of hydrogen-bond donors (Lipinski definition) is 0. The highest BCUT2D eigenvalue weighted by Crippen LogP contribution is 2.32. The van der Waals surface area contributed by atoms with Crippen LogP contribution in [-0.2, 0) is 4.79 Å². The fourth-order valence-electron chi connectivity index (χ4n) is 3.26. The van der Waals surface area contributed by atoms with E-state index in [0.29, 0.717) is 5.75 Å². The summed E-state index contributed by atoms with van der Waals surface area (Å²) in [7, 11) is 0. The second kappa shape index (κ2) is 6.35. The van der Waals surface area contributed by atoms with Crippen LogP contribution in [0.15, 0.2) is 59.3 Å². The third kappa shape index (κ3) is 2.73. The third-order valence-corrected chi connectivity index (χ3v) is 4.40. The molecular formula is C19H18N2O3. The standard InChI is InChI=1S/C19H18N2O3/c22-19(21-11-3-7-16(21)18-8-4-12-23-18)13-24-17-9-10-20-15-6-2-1-5-14(15)17/h1-2,4-6,8-10,12,16H,3,7,11,13H2. The summed E-state index contributed by atoms with van der Waals surface area (Å²) >= 11 is 0. The lowest BCUT2D eigenvalue weighted by Gasteiger charge is -2.23. The summed E-state index contributed by atoms with van der Waals surface area (Å²) in [4.78, 5) is 18.8. The second-order valence-corrected chi connectivity index (χ2v) is 5.88. The van der Waals surface area contributed by atoms with E-state index in [-0.39, 0.29) is 18.6 Å². The molecule has 1 aliphatic heterocycles. The second-order valence-electron chi connectivity index (χ2n) is 5.88. The van der Waals surface area contributed by atoms with E-state index < -0.39 is 0 Å². The highest BCUT2D eigenvalue weighted by molar-refractivity contribution is 5.85. The van der Waals surface area contributed by atoms with Crippen molar-refractivity contribution in [2.45, 2.75) is 18.9 Å². The molecule has 2 aromatic heterocycles. The number of benzene rings is 1. The molecule has 1 fully saturated rings. The van der Waals surface area contributed by atoms with E-state index in [0.717, 1.165) is 36.0 Å². The molecule has 0 saturated carbocycles. The van der Waals surface area contributed by atoms with Crippen LogP contribution in [0.2, 0.25) is 0 Å². The maximum Gasteiger partial charge on any atom is 0.261 e. The molecule has 3 heterocycles. The molecule has 1 saturated heterocycles. The van der Waals surface area contributed by atoms with Crippen LogP contribution in [0.25, 0.3) is 10.9 Å². The monoisotopic (exact) mass is 322 g/mol. The maximum atomic E-state index is 12.6. The molecule has 1 amide bonds. The van der Waals surface area contributed by atoms with Crippen molar-refractivity contribution >= 4 is 16.8 Å². The zero-order chi connectivity index (χ0) is 16.4. The summed E-state index contributed by atoms with van der Waals surface area (Å²) in [6.45, 7) is 0.760. The SMILES string of the molecule is O=C(COc1ccnc2ccccc12)N1CCCC1c1ccco1. The Labute approximate surface area is 139 Å². The van der Waals surface area contributed by atoms with Gasteiger partial charge in [0.25, 0.3) is 5.91 Å². The van der Waals surface area contributed by atoms with Crippen LogP contribution in [0.4, 0.5) is 0 Å². The van der Waals surface area contributed by atoms with Gasteiger partial charge in [0.15, 0.2) is 6.61 Å². The summed E-state index contributed by atoms with van der Waals surface area (Å²) in [6.07, 6.45) is 5.26. The average Bonchev–Trinajstić information content (AvgIpc) is 3.30. The number of fused-ring (bicyclic) bond motifs is 1. The van der Waals surface area contributed by atoms with Crippen LogP contribution < -0.4 is 4.74 Å². The fourth-order valence-corrected chi connectivity index (χ4v) is 3.26. The van der Waals surface area contributed by atoms with Crippen molar-refractivity contribution in [3.63, 3.8) is 0 Å². The molecule has 5 nitrogen and oxygen atoms in total. The van der Waals surface area contributed by atoms with Gasteiger partial charge in [0.1, 0.15) is 11.5 Å². The van der Waals surface area contributed by atoms with E-state index in [1.54, 1.807) is 18.5 Å². The molecule has 0 bridgehead atoms. The molecule has 0 spiro atoms. The quantitative estimate of drug-likeness (QED) is 0.737. The molecule has 1 unspecified atom stereocenters. The Morgan fingerprint density at radius 1 is 1.25 bits per heavy atom. The number of hydrogen-bond acceptors (Lipinski definition) is 4. The number of nitrogens with zero attached hydrogens (tertiary/aromatic N) is 2. The minimum absolute atomic E-state index is 0.0187. The number of rotatable bonds is 4. The van der Waals surface area contributed by atoms with Crippen molar-refractivity contribution in [2.24, 2.45) is 0 Å². The van der Waals surface area contributed by atoms with Gasteiger partial charge in [-0.1, -0.05) is 12.1 Å². The maximum absolute atomic E-state index is 12.6. The van der Waals surface area contributed by atoms with Crippen molar-refractivity contribution in [1.82, 2.24) is 9.88 Å². The number of amides is 1. The van der Waals surface area contributed by atoms with E-state index in [4.69, 9.17) is 9.15 Å². The number of pyridine rings is 1. The number of likely N-dealkylation sites (tertiary alicyclic amines) is 1. The molecule has 1 aliphatic rings. The summed E-state index contributed by atoms with van der Waals surface area (Å²) in [5.41, 5.74) is 0.858. The van der Waals surface area contributed by atoms with E-state index in [1.807, 2.05) is 41.3 Å². The zero-order valence-electron chi connectivity index (χ0n) is 13.2. The Morgan fingerprint density at radius 3 is 3.04 bits per heavy atom. The number of para-hydroxylation sites is 1. The molecule has 0 N–H and O–H groups in total. The predicted molar refractivity (Wildman–Crippen MR) is 89.6 cm³/mol. The number of aromatic nitrogens is 1. The molecule has 0 radical (unpaired) electrons. The van der Waals surface area contributed by atoms with E-state index in [1.165, 1.54) is 0 Å². The largest absolute Gasteiger partial charge is 0.483 e.